The lowest BCUT2D eigenvalue weighted by Gasteiger charge is -2.42. The summed E-state index contributed by atoms with van der Waals surface area (Å²) in [7, 11) is 0. The molecule has 2 aromatic carbocycles. The van der Waals surface area contributed by atoms with E-state index in [4.69, 9.17) is 0 Å². The Kier molecular flexibility index (Phi) is 4.23. The molecule has 0 aliphatic heterocycles. The highest BCUT2D eigenvalue weighted by Crippen LogP contribution is 2.46. The molecule has 0 saturated heterocycles. The molecule has 0 saturated carbocycles. The maximum atomic E-state index is 3.62. The van der Waals surface area contributed by atoms with Crippen molar-refractivity contribution >= 4 is 27.6 Å². The first-order chi connectivity index (χ1) is 12.2. The monoisotopic (exact) mass is 408 g/mol. The number of rotatable bonds is 1. The Morgan fingerprint density at radius 2 is 1.62 bits per heavy atom. The van der Waals surface area contributed by atoms with Crippen molar-refractivity contribution in [2.45, 2.75) is 64.7 Å². The highest BCUT2D eigenvalue weighted by Gasteiger charge is 2.36. The van der Waals surface area contributed by atoms with Crippen LogP contribution in [0.15, 0.2) is 40.9 Å². The van der Waals surface area contributed by atoms with Gasteiger partial charge in [-0.3, -0.25) is 0 Å². The van der Waals surface area contributed by atoms with Crippen molar-refractivity contribution in [3.63, 3.8) is 0 Å². The molecule has 0 heterocycles. The average Bonchev–Trinajstić information content (AvgIpc) is 2.87. The molecule has 0 fully saturated rings. The molecule has 0 N–H and O–H groups in total. The van der Waals surface area contributed by atoms with Crippen LogP contribution in [0.3, 0.4) is 0 Å². The van der Waals surface area contributed by atoms with Crippen LogP contribution in [0.2, 0.25) is 0 Å². The Hall–Kier alpha value is -1.34. The molecule has 2 aliphatic carbocycles. The van der Waals surface area contributed by atoms with Crippen molar-refractivity contribution in [2.75, 3.05) is 0 Å². The fourth-order valence-electron chi connectivity index (χ4n) is 4.81. The van der Waals surface area contributed by atoms with Gasteiger partial charge in [0.2, 0.25) is 0 Å². The van der Waals surface area contributed by atoms with Crippen LogP contribution < -0.4 is 0 Å². The van der Waals surface area contributed by atoms with Gasteiger partial charge in [-0.1, -0.05) is 80.9 Å². The topological polar surface area (TPSA) is 0 Å². The zero-order valence-corrected chi connectivity index (χ0v) is 18.2. The summed E-state index contributed by atoms with van der Waals surface area (Å²) >= 11 is 3.62. The molecule has 0 aromatic heterocycles. The fraction of sp³-hybridized carbons (Fsp3) is 0.440. The average molecular weight is 409 g/mol. The fourth-order valence-corrected chi connectivity index (χ4v) is 5.22. The van der Waals surface area contributed by atoms with Gasteiger partial charge in [0.25, 0.3) is 0 Å². The second-order valence-corrected chi connectivity index (χ2v) is 10.5. The normalized spacial score (nSPS) is 24.4. The van der Waals surface area contributed by atoms with E-state index in [1.165, 1.54) is 39.6 Å². The van der Waals surface area contributed by atoms with Gasteiger partial charge in [0.15, 0.2) is 0 Å². The van der Waals surface area contributed by atoms with Crippen molar-refractivity contribution in [2.24, 2.45) is 5.92 Å². The van der Waals surface area contributed by atoms with E-state index in [0.717, 1.165) is 6.42 Å². The minimum atomic E-state index is 0.267. The molecule has 136 valence electrons. The predicted octanol–water partition coefficient (Wildman–Crippen LogP) is 7.53. The molecule has 0 bridgehead atoms. The molecule has 26 heavy (non-hydrogen) atoms. The van der Waals surface area contributed by atoms with E-state index in [1.807, 2.05) is 0 Å². The summed E-state index contributed by atoms with van der Waals surface area (Å²) < 4.78 is 1.18. The lowest BCUT2D eigenvalue weighted by atomic mass is 9.63. The van der Waals surface area contributed by atoms with Crippen LogP contribution >= 0.6 is 15.9 Å². The maximum absolute atomic E-state index is 3.62. The van der Waals surface area contributed by atoms with Crippen molar-refractivity contribution in [1.29, 1.82) is 0 Å². The summed E-state index contributed by atoms with van der Waals surface area (Å²) in [5.74, 6) is 0.583. The molecule has 1 heteroatoms. The Bertz CT molecular complexity index is 898. The van der Waals surface area contributed by atoms with Gasteiger partial charge in [0.1, 0.15) is 0 Å². The molecule has 0 nitrogen and oxygen atoms in total. The predicted molar refractivity (Wildman–Crippen MR) is 117 cm³/mol. The number of fused-ring (bicyclic) bond motifs is 2. The SMILES string of the molecule is CC1Cc2cc(Br)ccc2C1=Cc1ccc2c(c1)C(C)(C)CCC2(C)C. The summed E-state index contributed by atoms with van der Waals surface area (Å²) in [6.45, 7) is 12.0. The third-order valence-corrected chi connectivity index (χ3v) is 7.13. The van der Waals surface area contributed by atoms with Gasteiger partial charge >= 0.3 is 0 Å². The van der Waals surface area contributed by atoms with Gasteiger partial charge in [0, 0.05) is 4.47 Å². The van der Waals surface area contributed by atoms with Crippen LogP contribution in [0, 0.1) is 5.92 Å². The molecule has 2 aromatic rings. The zero-order chi connectivity index (χ0) is 18.7. The van der Waals surface area contributed by atoms with Gasteiger partial charge in [-0.2, -0.15) is 0 Å². The van der Waals surface area contributed by atoms with E-state index in [9.17, 15) is 0 Å². The molecule has 1 unspecified atom stereocenters. The van der Waals surface area contributed by atoms with E-state index in [-0.39, 0.29) is 10.8 Å². The Morgan fingerprint density at radius 1 is 0.923 bits per heavy atom. The molecule has 1 atom stereocenters. The van der Waals surface area contributed by atoms with E-state index < -0.39 is 0 Å². The van der Waals surface area contributed by atoms with Gasteiger partial charge in [-0.05, 0) is 81.5 Å². The second kappa shape index (κ2) is 6.09. The minimum Gasteiger partial charge on any atom is -0.0581 e. The van der Waals surface area contributed by atoms with Crippen LogP contribution in [0.5, 0.6) is 0 Å². The van der Waals surface area contributed by atoms with Crippen molar-refractivity contribution in [1.82, 2.24) is 0 Å². The quantitative estimate of drug-likeness (QED) is 0.457. The molecule has 4 rings (SSSR count). The Balaban J connectivity index is 1.80. The van der Waals surface area contributed by atoms with Crippen LogP contribution in [0.4, 0.5) is 0 Å². The summed E-state index contributed by atoms with van der Waals surface area (Å²) in [6.07, 6.45) is 6.11. The summed E-state index contributed by atoms with van der Waals surface area (Å²) in [5, 5.41) is 0. The van der Waals surface area contributed by atoms with Crippen LogP contribution in [-0.4, -0.2) is 0 Å². The third-order valence-electron chi connectivity index (χ3n) is 6.63. The van der Waals surface area contributed by atoms with Gasteiger partial charge in [-0.25, -0.2) is 0 Å². The molecule has 0 amide bonds. The van der Waals surface area contributed by atoms with Crippen LogP contribution in [0.1, 0.15) is 75.3 Å². The molecular weight excluding hydrogens is 380 g/mol. The van der Waals surface area contributed by atoms with E-state index >= 15 is 0 Å². The first-order valence-corrected chi connectivity index (χ1v) is 10.6. The van der Waals surface area contributed by atoms with Crippen molar-refractivity contribution in [3.05, 3.63) is 68.7 Å². The number of allylic oxidation sites excluding steroid dienone is 1. The molecule has 0 radical (unpaired) electrons. The maximum Gasteiger partial charge on any atom is 0.0178 e. The lowest BCUT2D eigenvalue weighted by Crippen LogP contribution is -2.33. The number of hydrogen-bond donors (Lipinski definition) is 0. The number of hydrogen-bond acceptors (Lipinski definition) is 0. The van der Waals surface area contributed by atoms with E-state index in [2.05, 4.69) is 93.0 Å². The second-order valence-electron chi connectivity index (χ2n) is 9.58. The molecular formula is C25H29Br. The third kappa shape index (κ3) is 2.99. The summed E-state index contributed by atoms with van der Waals surface area (Å²) in [4.78, 5) is 0. The smallest absolute Gasteiger partial charge is 0.0178 e. The van der Waals surface area contributed by atoms with Gasteiger partial charge < -0.3 is 0 Å². The van der Waals surface area contributed by atoms with Crippen LogP contribution in [0.25, 0.3) is 11.6 Å². The molecule has 0 spiro atoms. The standard InChI is InChI=1S/C25H29Br/c1-16-12-18-15-19(26)7-8-20(18)21(16)13-17-6-9-22-23(14-17)25(4,5)11-10-24(22,2)3/h6-9,13-16H,10-12H2,1-5H3. The highest BCUT2D eigenvalue weighted by atomic mass is 79.9. The summed E-state index contributed by atoms with van der Waals surface area (Å²) in [6, 6.07) is 13.9. The zero-order valence-electron chi connectivity index (χ0n) is 16.6. The minimum absolute atomic E-state index is 0.267. The van der Waals surface area contributed by atoms with E-state index in [0.29, 0.717) is 5.92 Å². The highest BCUT2D eigenvalue weighted by molar-refractivity contribution is 9.10. The van der Waals surface area contributed by atoms with Gasteiger partial charge in [-0.15, -0.1) is 0 Å². The lowest BCUT2D eigenvalue weighted by molar-refractivity contribution is 0.332. The Labute approximate surface area is 166 Å². The summed E-state index contributed by atoms with van der Waals surface area (Å²) in [5.41, 5.74) is 9.38. The van der Waals surface area contributed by atoms with E-state index in [1.54, 1.807) is 11.1 Å². The molecule has 2 aliphatic rings. The number of benzene rings is 2. The first-order valence-electron chi connectivity index (χ1n) is 9.83. The van der Waals surface area contributed by atoms with Crippen LogP contribution in [-0.2, 0) is 17.3 Å². The van der Waals surface area contributed by atoms with Crippen molar-refractivity contribution in [3.8, 4) is 0 Å². The largest absolute Gasteiger partial charge is 0.0581 e. The number of halogens is 1. The van der Waals surface area contributed by atoms with Crippen molar-refractivity contribution < 1.29 is 0 Å². The van der Waals surface area contributed by atoms with Gasteiger partial charge in [0.05, 0.1) is 0 Å². The first kappa shape index (κ1) is 18.0. The Morgan fingerprint density at radius 3 is 2.35 bits per heavy atom.